The molecule has 2 unspecified atom stereocenters. The second-order valence-corrected chi connectivity index (χ2v) is 10.9. The van der Waals surface area contributed by atoms with Crippen LogP contribution in [0.25, 0.3) is 0 Å². The van der Waals surface area contributed by atoms with Crippen LogP contribution < -0.4 is 28.5 Å². The first-order valence-electron chi connectivity index (χ1n) is 15.8. The Kier molecular flexibility index (Phi) is 22.2. The van der Waals surface area contributed by atoms with Gasteiger partial charge in [0.25, 0.3) is 0 Å². The zero-order valence-corrected chi connectivity index (χ0v) is 28.0. The van der Waals surface area contributed by atoms with E-state index in [0.29, 0.717) is 13.2 Å². The number of ether oxygens (including phenoxy) is 4. The Bertz CT molecular complexity index is 827. The lowest BCUT2D eigenvalue weighted by Crippen LogP contribution is -3.00. The van der Waals surface area contributed by atoms with E-state index in [1.807, 2.05) is 35.9 Å². The number of aryl methyl sites for hydroxylation is 1. The van der Waals surface area contributed by atoms with Crippen molar-refractivity contribution in [1.82, 2.24) is 4.90 Å². The number of carbonyl (C=O) groups is 2. The van der Waals surface area contributed by atoms with Crippen molar-refractivity contribution in [3.05, 3.63) is 30.1 Å². The number of rotatable bonds is 22. The van der Waals surface area contributed by atoms with Gasteiger partial charge in [0.05, 0.1) is 13.2 Å². The fourth-order valence-electron chi connectivity index (χ4n) is 4.94. The van der Waals surface area contributed by atoms with Crippen molar-refractivity contribution in [2.45, 2.75) is 136 Å². The summed E-state index contributed by atoms with van der Waals surface area (Å²) >= 11 is 0. The summed E-state index contributed by atoms with van der Waals surface area (Å²) in [5.74, 6) is -0.375. The van der Waals surface area contributed by atoms with E-state index in [4.69, 9.17) is 18.9 Å². The van der Waals surface area contributed by atoms with Gasteiger partial charge in [-0.1, -0.05) is 96.5 Å². The second-order valence-electron chi connectivity index (χ2n) is 10.9. The molecule has 0 N–H and O–H groups in total. The normalized spacial score (nSPS) is 16.4. The Morgan fingerprint density at radius 2 is 1.51 bits per heavy atom. The van der Waals surface area contributed by atoms with Crippen LogP contribution in [0.4, 0.5) is 4.79 Å². The molecule has 0 bridgehead atoms. The van der Waals surface area contributed by atoms with E-state index in [1.54, 1.807) is 0 Å². The van der Waals surface area contributed by atoms with Crippen molar-refractivity contribution in [1.29, 1.82) is 0 Å². The average Bonchev–Trinajstić information content (AvgIpc) is 3.42. The third kappa shape index (κ3) is 16.8. The lowest BCUT2D eigenvalue weighted by Gasteiger charge is -2.19. The summed E-state index contributed by atoms with van der Waals surface area (Å²) in [5.41, 5.74) is 0.849. The fraction of sp³-hybridized carbons (Fsp3) is 0.781. The molecule has 0 radical (unpaired) electrons. The van der Waals surface area contributed by atoms with Crippen LogP contribution in [-0.2, 0) is 36.8 Å². The Balaban J connectivity index is 0.00000840. The maximum absolute atomic E-state index is 12.6. The minimum Gasteiger partial charge on any atom is -1.00 e. The highest BCUT2D eigenvalue weighted by Gasteiger charge is 2.29. The third-order valence-corrected chi connectivity index (χ3v) is 7.40. The van der Waals surface area contributed by atoms with E-state index in [9.17, 15) is 9.59 Å². The van der Waals surface area contributed by atoms with Crippen molar-refractivity contribution in [3.63, 3.8) is 0 Å². The van der Waals surface area contributed by atoms with E-state index in [2.05, 4.69) is 6.92 Å². The number of aromatic nitrogens is 1. The Morgan fingerprint density at radius 1 is 0.902 bits per heavy atom. The maximum atomic E-state index is 12.6. The molecule has 1 saturated heterocycles. The van der Waals surface area contributed by atoms with Crippen molar-refractivity contribution in [2.75, 3.05) is 26.4 Å². The van der Waals surface area contributed by atoms with E-state index in [1.165, 1.54) is 90.4 Å². The topological polar surface area (TPSA) is 78.2 Å². The number of pyridine rings is 1. The average molecular weight is 691 g/mol. The van der Waals surface area contributed by atoms with Crippen LogP contribution in [0.2, 0.25) is 0 Å². The molecule has 2 atom stereocenters. The summed E-state index contributed by atoms with van der Waals surface area (Å²) in [6, 6.07) is 5.68. The first-order chi connectivity index (χ1) is 19.5. The second kappa shape index (κ2) is 24.2. The molecule has 0 aliphatic carbocycles. The molecule has 236 valence electrons. The minimum absolute atomic E-state index is 0. The zero-order chi connectivity index (χ0) is 28.8. The highest BCUT2D eigenvalue weighted by Crippen LogP contribution is 2.15. The molecular formula is C32H55IN2O6. The van der Waals surface area contributed by atoms with Gasteiger partial charge in [0.2, 0.25) is 11.6 Å². The van der Waals surface area contributed by atoms with Gasteiger partial charge >= 0.3 is 6.09 Å². The molecule has 0 spiro atoms. The lowest BCUT2D eigenvalue weighted by molar-refractivity contribution is -0.701. The molecule has 1 aromatic heterocycles. The van der Waals surface area contributed by atoms with Gasteiger partial charge in [-0.25, -0.2) is 14.3 Å². The molecule has 1 fully saturated rings. The lowest BCUT2D eigenvalue weighted by atomic mass is 10.0. The van der Waals surface area contributed by atoms with Gasteiger partial charge < -0.3 is 42.9 Å². The molecule has 0 saturated carbocycles. The molecule has 41 heavy (non-hydrogen) atoms. The molecule has 2 amide bonds. The monoisotopic (exact) mass is 690 g/mol. The van der Waals surface area contributed by atoms with Crippen LogP contribution in [0.5, 0.6) is 0 Å². The van der Waals surface area contributed by atoms with Gasteiger partial charge in [0.1, 0.15) is 25.8 Å². The molecule has 0 aromatic carbocycles. The number of hydrogen-bond donors (Lipinski definition) is 0. The number of amides is 2. The molecule has 9 heteroatoms. The van der Waals surface area contributed by atoms with E-state index in [0.717, 1.165) is 30.2 Å². The molecule has 8 nitrogen and oxygen atoms in total. The highest BCUT2D eigenvalue weighted by molar-refractivity contribution is 5.90. The van der Waals surface area contributed by atoms with Gasteiger partial charge in [0.15, 0.2) is 12.5 Å². The standard InChI is InChI=1S/C32H55N2O6.HI/c1-4-6-7-8-9-10-11-12-13-14-15-16-17-20-23-37-25-30-26-38-31(40-30)27-39-32(36)34(28(3)35)24-29-21-18-19-22-33(29)5-2;/h18-19,21-22,30-31H,4-17,20,23-27H2,1-3H3;1H/q+1;/p-1. The molecule has 2 heterocycles. The van der Waals surface area contributed by atoms with Crippen LogP contribution in [0.3, 0.4) is 0 Å². The number of halogens is 1. The summed E-state index contributed by atoms with van der Waals surface area (Å²) in [6.07, 6.45) is 19.2. The summed E-state index contributed by atoms with van der Waals surface area (Å²) in [4.78, 5) is 25.8. The van der Waals surface area contributed by atoms with Crippen molar-refractivity contribution in [2.24, 2.45) is 0 Å². The molecule has 1 aliphatic rings. The van der Waals surface area contributed by atoms with E-state index in [-0.39, 0.29) is 49.1 Å². The Morgan fingerprint density at radius 3 is 2.10 bits per heavy atom. The van der Waals surface area contributed by atoms with Crippen LogP contribution in [0, 0.1) is 0 Å². The van der Waals surface area contributed by atoms with Crippen molar-refractivity contribution < 1.29 is 57.1 Å². The smallest absolute Gasteiger partial charge is 0.417 e. The van der Waals surface area contributed by atoms with Crippen molar-refractivity contribution >= 4 is 12.0 Å². The van der Waals surface area contributed by atoms with Gasteiger partial charge in [-0.2, -0.15) is 0 Å². The number of imide groups is 1. The Labute approximate surface area is 265 Å². The largest absolute Gasteiger partial charge is 1.00 e. The number of unbranched alkanes of at least 4 members (excludes halogenated alkanes) is 13. The molecule has 1 aromatic rings. The van der Waals surface area contributed by atoms with Gasteiger partial charge in [0, 0.05) is 25.7 Å². The first kappa shape index (κ1) is 37.7. The fourth-order valence-corrected chi connectivity index (χ4v) is 4.94. The summed E-state index contributed by atoms with van der Waals surface area (Å²) in [7, 11) is 0. The van der Waals surface area contributed by atoms with Crippen LogP contribution >= 0.6 is 0 Å². The SMILES string of the molecule is CCCCCCCCCCCCCCCCOCC1COC(COC(=O)N(Cc2cccc[n+]2CC)C(C)=O)O1.[I-]. The van der Waals surface area contributed by atoms with Crippen LogP contribution in [0.1, 0.15) is 116 Å². The predicted molar refractivity (Wildman–Crippen MR) is 156 cm³/mol. The van der Waals surface area contributed by atoms with Crippen LogP contribution in [0.15, 0.2) is 24.4 Å². The Hall–Kier alpha value is -1.30. The first-order valence-corrected chi connectivity index (χ1v) is 15.8. The summed E-state index contributed by atoms with van der Waals surface area (Å²) in [6.45, 7) is 8.04. The van der Waals surface area contributed by atoms with Gasteiger partial charge in [-0.3, -0.25) is 4.79 Å². The van der Waals surface area contributed by atoms with E-state index < -0.39 is 12.4 Å². The third-order valence-electron chi connectivity index (χ3n) is 7.40. The van der Waals surface area contributed by atoms with E-state index >= 15 is 0 Å². The van der Waals surface area contributed by atoms with Gasteiger partial charge in [-0.15, -0.1) is 0 Å². The molecule has 2 rings (SSSR count). The van der Waals surface area contributed by atoms with Gasteiger partial charge in [-0.05, 0) is 13.3 Å². The summed E-state index contributed by atoms with van der Waals surface area (Å²) in [5, 5.41) is 0. The predicted octanol–water partition coefficient (Wildman–Crippen LogP) is 3.72. The highest BCUT2D eigenvalue weighted by atomic mass is 127. The molecule has 1 aliphatic heterocycles. The summed E-state index contributed by atoms with van der Waals surface area (Å²) < 4.78 is 24.5. The zero-order valence-electron chi connectivity index (χ0n) is 25.8. The van der Waals surface area contributed by atoms with Crippen LogP contribution in [-0.4, -0.2) is 55.7 Å². The molecular weight excluding hydrogens is 635 g/mol. The minimum atomic E-state index is -0.705. The maximum Gasteiger partial charge on any atom is 0.417 e. The number of nitrogens with zero attached hydrogens (tertiary/aromatic N) is 2. The van der Waals surface area contributed by atoms with Crippen molar-refractivity contribution in [3.8, 4) is 0 Å². The quantitative estimate of drug-likeness (QED) is 0.105. The number of hydrogen-bond acceptors (Lipinski definition) is 6. The number of carbonyl (C=O) groups excluding carboxylic acids is 2.